The fourth-order valence-corrected chi connectivity index (χ4v) is 9.11. The third kappa shape index (κ3) is 7.35. The Balaban J connectivity index is 1.57. The molecule has 0 aromatic heterocycles. The van der Waals surface area contributed by atoms with E-state index in [2.05, 4.69) is 45.0 Å². The number of non-ortho nitro benzene ring substituents is 1. The summed E-state index contributed by atoms with van der Waals surface area (Å²) in [6.07, 6.45) is 0.386. The number of nitro benzene ring substituents is 1. The molecule has 0 aliphatic carbocycles. The number of aryl methyl sites for hydroxylation is 1. The van der Waals surface area contributed by atoms with Crippen molar-refractivity contribution in [3.63, 3.8) is 0 Å². The van der Waals surface area contributed by atoms with E-state index in [1.165, 1.54) is 12.1 Å². The van der Waals surface area contributed by atoms with Crippen LogP contribution in [0.5, 0.6) is 0 Å². The Morgan fingerprint density at radius 3 is 1.95 bits per heavy atom. The molecule has 7 nitrogen and oxygen atoms in total. The number of esters is 1. The Labute approximate surface area is 219 Å². The van der Waals surface area contributed by atoms with E-state index in [9.17, 15) is 20.0 Å². The molecule has 0 saturated carbocycles. The summed E-state index contributed by atoms with van der Waals surface area (Å²) in [5.74, 6) is -0.397. The molecule has 3 aromatic rings. The van der Waals surface area contributed by atoms with Crippen LogP contribution in [0.15, 0.2) is 84.9 Å². The average molecular weight is 522 g/mol. The Kier molecular flexibility index (Phi) is 9.74. The molecule has 0 radical (unpaired) electrons. The smallest absolute Gasteiger partial charge is 0.305 e. The number of aliphatic hydroxyl groups is 1. The minimum absolute atomic E-state index is 0.0393. The van der Waals surface area contributed by atoms with E-state index in [0.717, 1.165) is 15.9 Å². The maximum absolute atomic E-state index is 12.2. The predicted octanol–water partition coefficient (Wildman–Crippen LogP) is 4.40. The van der Waals surface area contributed by atoms with Crippen molar-refractivity contribution in [1.29, 1.82) is 0 Å². The van der Waals surface area contributed by atoms with Crippen LogP contribution in [-0.2, 0) is 20.4 Å². The Hall–Kier alpha value is -3.33. The van der Waals surface area contributed by atoms with Crippen molar-refractivity contribution in [2.75, 3.05) is 13.2 Å². The standard InChI is InChI=1S/C29H35NO6Si/c1-29(2,3)37(26-12-6-4-7-13-26,27-14-8-5-9-15-27)36-22-25(31)21-35-28(32)16-10-11-23-17-19-24(20-18-23)30(33)34/h4-9,12-15,17-20,25,31H,10-11,16,21-22H2,1-3H3. The Bertz CT molecular complexity index is 1110. The third-order valence-electron chi connectivity index (χ3n) is 6.34. The third-order valence-corrected chi connectivity index (χ3v) is 11.3. The number of benzene rings is 3. The van der Waals surface area contributed by atoms with Crippen molar-refractivity contribution in [3.05, 3.63) is 101 Å². The highest BCUT2D eigenvalue weighted by Crippen LogP contribution is 2.36. The zero-order chi connectivity index (χ0) is 26.9. The highest BCUT2D eigenvalue weighted by molar-refractivity contribution is 6.99. The zero-order valence-corrected chi connectivity index (χ0v) is 22.6. The second-order valence-corrected chi connectivity index (χ2v) is 14.4. The van der Waals surface area contributed by atoms with Crippen LogP contribution in [0.2, 0.25) is 5.04 Å². The van der Waals surface area contributed by atoms with Gasteiger partial charge in [0.1, 0.15) is 12.7 Å². The number of carbonyl (C=O) groups is 1. The van der Waals surface area contributed by atoms with Crippen LogP contribution < -0.4 is 10.4 Å². The van der Waals surface area contributed by atoms with Gasteiger partial charge in [0.2, 0.25) is 0 Å². The maximum Gasteiger partial charge on any atom is 0.305 e. The molecular weight excluding hydrogens is 486 g/mol. The van der Waals surface area contributed by atoms with Gasteiger partial charge in [0.05, 0.1) is 11.5 Å². The predicted molar refractivity (Wildman–Crippen MR) is 147 cm³/mol. The molecule has 8 heteroatoms. The molecule has 1 unspecified atom stereocenters. The fraction of sp³-hybridized carbons (Fsp3) is 0.345. The van der Waals surface area contributed by atoms with Crippen molar-refractivity contribution < 1.29 is 24.0 Å². The number of hydrogen-bond acceptors (Lipinski definition) is 6. The number of rotatable bonds is 12. The number of nitrogens with zero attached hydrogens (tertiary/aromatic N) is 1. The lowest BCUT2D eigenvalue weighted by atomic mass is 10.1. The van der Waals surface area contributed by atoms with E-state index >= 15 is 0 Å². The summed E-state index contributed by atoms with van der Waals surface area (Å²) in [6, 6.07) is 26.6. The van der Waals surface area contributed by atoms with Crippen molar-refractivity contribution in [2.45, 2.75) is 51.2 Å². The van der Waals surface area contributed by atoms with Crippen LogP contribution >= 0.6 is 0 Å². The van der Waals surface area contributed by atoms with Gasteiger partial charge in [0, 0.05) is 18.6 Å². The lowest BCUT2D eigenvalue weighted by Crippen LogP contribution is -2.67. The van der Waals surface area contributed by atoms with Gasteiger partial charge in [0.25, 0.3) is 14.0 Å². The van der Waals surface area contributed by atoms with Gasteiger partial charge in [-0.2, -0.15) is 0 Å². The number of ether oxygens (including phenoxy) is 1. The molecule has 3 aromatic carbocycles. The van der Waals surface area contributed by atoms with Crippen LogP contribution in [0, 0.1) is 10.1 Å². The molecular formula is C29H35NO6Si. The summed E-state index contributed by atoms with van der Waals surface area (Å²) >= 11 is 0. The van der Waals surface area contributed by atoms with Gasteiger partial charge in [-0.1, -0.05) is 93.6 Å². The van der Waals surface area contributed by atoms with Gasteiger partial charge in [0.15, 0.2) is 0 Å². The van der Waals surface area contributed by atoms with Gasteiger partial charge in [-0.15, -0.1) is 0 Å². The van der Waals surface area contributed by atoms with Crippen LogP contribution in [0.1, 0.15) is 39.2 Å². The summed E-state index contributed by atoms with van der Waals surface area (Å²) in [6.45, 7) is 6.39. The largest absolute Gasteiger partial charge is 0.463 e. The van der Waals surface area contributed by atoms with Gasteiger partial charge in [-0.05, 0) is 33.8 Å². The highest BCUT2D eigenvalue weighted by atomic mass is 28.4. The fourth-order valence-electron chi connectivity index (χ4n) is 4.51. The number of carbonyl (C=O) groups excluding carboxylic acids is 1. The molecule has 0 saturated heterocycles. The van der Waals surface area contributed by atoms with E-state index < -0.39 is 25.3 Å². The first kappa shape index (κ1) is 28.2. The van der Waals surface area contributed by atoms with Crippen LogP contribution in [0.4, 0.5) is 5.69 Å². The number of nitro groups is 1. The second-order valence-electron chi connectivity index (χ2n) is 10.1. The number of hydrogen-bond donors (Lipinski definition) is 1. The summed E-state index contributed by atoms with van der Waals surface area (Å²) < 4.78 is 12.0. The van der Waals surface area contributed by atoms with Crippen molar-refractivity contribution in [1.82, 2.24) is 0 Å². The molecule has 196 valence electrons. The molecule has 3 rings (SSSR count). The molecule has 0 aliphatic heterocycles. The second kappa shape index (κ2) is 12.8. The van der Waals surface area contributed by atoms with Crippen LogP contribution in [-0.4, -0.2) is 43.6 Å². The van der Waals surface area contributed by atoms with Gasteiger partial charge >= 0.3 is 5.97 Å². The highest BCUT2D eigenvalue weighted by Gasteiger charge is 2.50. The number of aliphatic hydroxyl groups excluding tert-OH is 1. The molecule has 37 heavy (non-hydrogen) atoms. The first-order chi connectivity index (χ1) is 17.6. The maximum atomic E-state index is 12.2. The van der Waals surface area contributed by atoms with Crippen molar-refractivity contribution in [2.24, 2.45) is 0 Å². The first-order valence-corrected chi connectivity index (χ1v) is 14.4. The normalized spacial score (nSPS) is 12.6. The summed E-state index contributed by atoms with van der Waals surface area (Å²) in [7, 11) is -2.78. The van der Waals surface area contributed by atoms with Crippen LogP contribution in [0.25, 0.3) is 0 Å². The van der Waals surface area contributed by atoms with E-state index in [1.807, 2.05) is 36.4 Å². The Morgan fingerprint density at radius 1 is 0.919 bits per heavy atom. The lowest BCUT2D eigenvalue weighted by Gasteiger charge is -2.43. The van der Waals surface area contributed by atoms with E-state index in [1.54, 1.807) is 12.1 Å². The quantitative estimate of drug-likeness (QED) is 0.164. The summed E-state index contributed by atoms with van der Waals surface area (Å²) in [5.41, 5.74) is 0.953. The monoisotopic (exact) mass is 521 g/mol. The summed E-state index contributed by atoms with van der Waals surface area (Å²) in [4.78, 5) is 22.5. The summed E-state index contributed by atoms with van der Waals surface area (Å²) in [5, 5.41) is 23.4. The van der Waals surface area contributed by atoms with Crippen molar-refractivity contribution >= 4 is 30.3 Å². The van der Waals surface area contributed by atoms with E-state index in [0.29, 0.717) is 12.8 Å². The van der Waals surface area contributed by atoms with Crippen LogP contribution in [0.3, 0.4) is 0 Å². The van der Waals surface area contributed by atoms with Gasteiger partial charge < -0.3 is 14.3 Å². The Morgan fingerprint density at radius 2 is 1.46 bits per heavy atom. The SMILES string of the molecule is CC(C)(C)[Si](OCC(O)COC(=O)CCCc1ccc([N+](=O)[O-])cc1)(c1ccccc1)c1ccccc1. The average Bonchev–Trinajstić information content (AvgIpc) is 2.88. The molecule has 0 heterocycles. The van der Waals surface area contributed by atoms with Crippen molar-refractivity contribution in [3.8, 4) is 0 Å². The molecule has 0 bridgehead atoms. The molecule has 0 amide bonds. The van der Waals surface area contributed by atoms with E-state index in [-0.39, 0.29) is 30.4 Å². The molecule has 1 atom stereocenters. The van der Waals surface area contributed by atoms with E-state index in [4.69, 9.17) is 9.16 Å². The molecule has 0 aliphatic rings. The first-order valence-electron chi connectivity index (χ1n) is 12.5. The lowest BCUT2D eigenvalue weighted by molar-refractivity contribution is -0.384. The topological polar surface area (TPSA) is 98.9 Å². The molecule has 0 spiro atoms. The minimum Gasteiger partial charge on any atom is -0.463 e. The van der Waals surface area contributed by atoms with Gasteiger partial charge in [-0.25, -0.2) is 0 Å². The molecule has 0 fully saturated rings. The minimum atomic E-state index is -2.78. The molecule has 1 N–H and O–H groups in total. The zero-order valence-electron chi connectivity index (χ0n) is 21.6. The van der Waals surface area contributed by atoms with Gasteiger partial charge in [-0.3, -0.25) is 14.9 Å².